The molecule has 1 aromatic carbocycles. The van der Waals surface area contributed by atoms with Gasteiger partial charge in [0.05, 0.1) is 6.54 Å². The molecule has 0 saturated heterocycles. The lowest BCUT2D eigenvalue weighted by atomic mass is 10.1. The Balaban J connectivity index is 1.99. The molecule has 0 fully saturated rings. The van der Waals surface area contributed by atoms with E-state index in [1.54, 1.807) is 0 Å². The molecule has 0 aliphatic carbocycles. The van der Waals surface area contributed by atoms with Crippen LogP contribution in [0.3, 0.4) is 0 Å². The average molecular weight is 353 g/mol. The molecule has 2 rings (SSSR count). The Morgan fingerprint density at radius 2 is 1.95 bits per heavy atom. The van der Waals surface area contributed by atoms with Gasteiger partial charge in [0, 0.05) is 23.6 Å². The van der Waals surface area contributed by atoms with Crippen LogP contribution in [0.15, 0.2) is 33.2 Å². The first-order chi connectivity index (χ1) is 9.85. The third kappa shape index (κ3) is 4.82. The monoisotopic (exact) mass is 352 g/mol. The molecular weight excluding hydrogens is 332 g/mol. The number of halogens is 1. The summed E-state index contributed by atoms with van der Waals surface area (Å²) >= 11 is 3.55. The number of hydrogen-bond donors (Lipinski definition) is 1. The highest BCUT2D eigenvalue weighted by Crippen LogP contribution is 2.20. The quantitative estimate of drug-likeness (QED) is 0.893. The second-order valence-electron chi connectivity index (χ2n) is 6.03. The molecule has 5 nitrogen and oxygen atoms in total. The van der Waals surface area contributed by atoms with Gasteiger partial charge < -0.3 is 14.6 Å². The molecule has 0 atom stereocenters. The summed E-state index contributed by atoms with van der Waals surface area (Å²) in [7, 11) is 1.94. The number of anilines is 1. The van der Waals surface area contributed by atoms with Crippen molar-refractivity contribution < 1.29 is 4.42 Å². The van der Waals surface area contributed by atoms with Crippen molar-refractivity contribution in [2.45, 2.75) is 39.4 Å². The van der Waals surface area contributed by atoms with E-state index in [1.807, 2.05) is 30.1 Å². The van der Waals surface area contributed by atoms with Crippen molar-refractivity contribution in [1.29, 1.82) is 0 Å². The maximum Gasteiger partial charge on any atom is 0.318 e. The molecular formula is C15H21BrN4O. The van der Waals surface area contributed by atoms with Crippen molar-refractivity contribution in [3.63, 3.8) is 0 Å². The van der Waals surface area contributed by atoms with Gasteiger partial charge >= 0.3 is 6.01 Å². The van der Waals surface area contributed by atoms with Gasteiger partial charge in [-0.25, -0.2) is 0 Å². The fourth-order valence-electron chi connectivity index (χ4n) is 1.76. The molecule has 1 heterocycles. The smallest absolute Gasteiger partial charge is 0.318 e. The fraction of sp³-hybridized carbons (Fsp3) is 0.467. The van der Waals surface area contributed by atoms with Gasteiger partial charge in [0.1, 0.15) is 0 Å². The summed E-state index contributed by atoms with van der Waals surface area (Å²) in [6.07, 6.45) is 0. The van der Waals surface area contributed by atoms with Crippen LogP contribution in [-0.2, 0) is 13.1 Å². The van der Waals surface area contributed by atoms with Crippen LogP contribution in [0.1, 0.15) is 32.2 Å². The molecule has 0 spiro atoms. The van der Waals surface area contributed by atoms with Gasteiger partial charge in [-0.05, 0) is 32.4 Å². The topological polar surface area (TPSA) is 54.2 Å². The largest absolute Gasteiger partial charge is 0.407 e. The van der Waals surface area contributed by atoms with E-state index in [0.29, 0.717) is 25.0 Å². The Bertz CT molecular complexity index is 591. The van der Waals surface area contributed by atoms with E-state index < -0.39 is 0 Å². The summed E-state index contributed by atoms with van der Waals surface area (Å²) in [4.78, 5) is 1.94. The van der Waals surface area contributed by atoms with Crippen LogP contribution in [0.2, 0.25) is 0 Å². The lowest BCUT2D eigenvalue weighted by Crippen LogP contribution is -2.35. The molecule has 21 heavy (non-hydrogen) atoms. The minimum Gasteiger partial charge on any atom is -0.407 e. The van der Waals surface area contributed by atoms with Crippen LogP contribution in [0, 0.1) is 0 Å². The maximum absolute atomic E-state index is 5.68. The van der Waals surface area contributed by atoms with Crippen molar-refractivity contribution in [3.05, 3.63) is 40.2 Å². The normalized spacial score (nSPS) is 11.7. The third-order valence-corrected chi connectivity index (χ3v) is 3.69. The molecule has 2 aromatic rings. The third-order valence-electron chi connectivity index (χ3n) is 2.92. The van der Waals surface area contributed by atoms with Gasteiger partial charge in [0.2, 0.25) is 5.89 Å². The molecule has 1 N–H and O–H groups in total. The zero-order valence-corrected chi connectivity index (χ0v) is 14.4. The van der Waals surface area contributed by atoms with Gasteiger partial charge in [0.15, 0.2) is 0 Å². The predicted octanol–water partition coefficient (Wildman–Crippen LogP) is 3.36. The first kappa shape index (κ1) is 16.0. The number of hydrogen-bond acceptors (Lipinski definition) is 5. The number of rotatable bonds is 5. The van der Waals surface area contributed by atoms with E-state index in [2.05, 4.69) is 58.3 Å². The second kappa shape index (κ2) is 6.58. The predicted molar refractivity (Wildman–Crippen MR) is 87.1 cm³/mol. The van der Waals surface area contributed by atoms with Crippen LogP contribution < -0.4 is 10.2 Å². The van der Waals surface area contributed by atoms with Gasteiger partial charge in [-0.2, -0.15) is 0 Å². The molecule has 0 amide bonds. The molecule has 0 radical (unpaired) electrons. The van der Waals surface area contributed by atoms with Gasteiger partial charge in [-0.3, -0.25) is 0 Å². The summed E-state index contributed by atoms with van der Waals surface area (Å²) in [5.74, 6) is 0.596. The van der Waals surface area contributed by atoms with E-state index in [-0.39, 0.29) is 5.54 Å². The highest BCUT2D eigenvalue weighted by atomic mass is 79.9. The zero-order chi connectivity index (χ0) is 15.5. The van der Waals surface area contributed by atoms with Crippen molar-refractivity contribution in [1.82, 2.24) is 15.5 Å². The van der Waals surface area contributed by atoms with Crippen LogP contribution in [0.25, 0.3) is 0 Å². The Morgan fingerprint density at radius 1 is 1.24 bits per heavy atom. The maximum atomic E-state index is 5.68. The molecule has 1 aromatic heterocycles. The van der Waals surface area contributed by atoms with Crippen molar-refractivity contribution >= 4 is 21.9 Å². The zero-order valence-electron chi connectivity index (χ0n) is 12.9. The van der Waals surface area contributed by atoms with Crippen molar-refractivity contribution in [2.75, 3.05) is 11.9 Å². The summed E-state index contributed by atoms with van der Waals surface area (Å²) in [5, 5.41) is 11.5. The summed E-state index contributed by atoms with van der Waals surface area (Å²) < 4.78 is 6.75. The Labute approximate surface area is 133 Å². The molecule has 0 unspecified atom stereocenters. The highest BCUT2D eigenvalue weighted by Gasteiger charge is 2.14. The fourth-order valence-corrected chi connectivity index (χ4v) is 2.17. The van der Waals surface area contributed by atoms with E-state index >= 15 is 0 Å². The first-order valence-electron chi connectivity index (χ1n) is 6.87. The molecule has 6 heteroatoms. The number of benzene rings is 1. The van der Waals surface area contributed by atoms with Crippen LogP contribution in [-0.4, -0.2) is 22.8 Å². The molecule has 0 bridgehead atoms. The number of nitrogens with zero attached hydrogens (tertiary/aromatic N) is 3. The van der Waals surface area contributed by atoms with Crippen molar-refractivity contribution in [3.8, 4) is 0 Å². The minimum atomic E-state index is 0.0233. The van der Waals surface area contributed by atoms with Gasteiger partial charge in [0.25, 0.3) is 0 Å². The van der Waals surface area contributed by atoms with Crippen LogP contribution in [0.4, 0.5) is 6.01 Å². The first-order valence-corrected chi connectivity index (χ1v) is 7.66. The minimum absolute atomic E-state index is 0.0233. The van der Waals surface area contributed by atoms with E-state index in [0.717, 1.165) is 4.47 Å². The lowest BCUT2D eigenvalue weighted by molar-refractivity contribution is 0.381. The molecule has 0 aliphatic heterocycles. The molecule has 0 saturated carbocycles. The highest BCUT2D eigenvalue weighted by molar-refractivity contribution is 9.10. The SMILES string of the molecule is CN(Cc1ccccc1Br)c1nnc(CNC(C)(C)C)o1. The number of nitrogens with one attached hydrogen (secondary N) is 1. The Hall–Kier alpha value is -1.40. The van der Waals surface area contributed by atoms with Gasteiger partial charge in [-0.15, -0.1) is 5.10 Å². The molecule has 114 valence electrons. The standard InChI is InChI=1S/C15H21BrN4O/c1-15(2,3)17-9-13-18-19-14(21-13)20(4)10-11-7-5-6-8-12(11)16/h5-8,17H,9-10H2,1-4H3. The average Bonchev–Trinajstić information content (AvgIpc) is 2.87. The summed E-state index contributed by atoms with van der Waals surface area (Å²) in [5.41, 5.74) is 1.20. The second-order valence-corrected chi connectivity index (χ2v) is 6.88. The Kier molecular flexibility index (Phi) is 5.00. The number of aromatic nitrogens is 2. The van der Waals surface area contributed by atoms with E-state index in [9.17, 15) is 0 Å². The van der Waals surface area contributed by atoms with E-state index in [1.165, 1.54) is 5.56 Å². The van der Waals surface area contributed by atoms with Crippen molar-refractivity contribution in [2.24, 2.45) is 0 Å². The van der Waals surface area contributed by atoms with Crippen LogP contribution >= 0.6 is 15.9 Å². The van der Waals surface area contributed by atoms with E-state index in [4.69, 9.17) is 4.42 Å². The summed E-state index contributed by atoms with van der Waals surface area (Å²) in [6.45, 7) is 7.57. The van der Waals surface area contributed by atoms with Crippen LogP contribution in [0.5, 0.6) is 0 Å². The summed E-state index contributed by atoms with van der Waals surface area (Å²) in [6, 6.07) is 8.63. The Morgan fingerprint density at radius 3 is 2.62 bits per heavy atom. The lowest BCUT2D eigenvalue weighted by Gasteiger charge is -2.19. The van der Waals surface area contributed by atoms with Gasteiger partial charge in [-0.1, -0.05) is 39.2 Å². The molecule has 0 aliphatic rings.